The summed E-state index contributed by atoms with van der Waals surface area (Å²) in [6, 6.07) is 3.73. The van der Waals surface area contributed by atoms with E-state index in [0.29, 0.717) is 0 Å². The van der Waals surface area contributed by atoms with Gasteiger partial charge in [0, 0.05) is 19.8 Å². The number of hydrogen-bond donors (Lipinski definition) is 2. The van der Waals surface area contributed by atoms with E-state index in [9.17, 15) is 27.9 Å². The number of benzene rings is 1. The van der Waals surface area contributed by atoms with Crippen LogP contribution in [0.15, 0.2) is 35.6 Å². The van der Waals surface area contributed by atoms with Crippen molar-refractivity contribution in [1.82, 2.24) is 4.90 Å². The second kappa shape index (κ2) is 6.50. The van der Waals surface area contributed by atoms with Crippen LogP contribution in [0.4, 0.5) is 18.9 Å². The highest BCUT2D eigenvalue weighted by atomic mass is 19.4. The van der Waals surface area contributed by atoms with Crippen molar-refractivity contribution in [2.75, 3.05) is 19.4 Å². The molecule has 1 rings (SSSR count). The van der Waals surface area contributed by atoms with E-state index in [2.05, 4.69) is 5.32 Å². The number of aliphatic hydroxyl groups is 1. The summed E-state index contributed by atoms with van der Waals surface area (Å²) in [5, 5.41) is 11.7. The van der Waals surface area contributed by atoms with Crippen LogP contribution in [0.2, 0.25) is 0 Å². The Morgan fingerprint density at radius 2 is 1.64 bits per heavy atom. The molecule has 0 fully saturated rings. The van der Waals surface area contributed by atoms with Crippen molar-refractivity contribution in [1.29, 1.82) is 0 Å². The molecule has 0 saturated heterocycles. The smallest absolute Gasteiger partial charge is 0.416 e. The second-order valence-corrected chi connectivity index (χ2v) is 4.69. The summed E-state index contributed by atoms with van der Waals surface area (Å²) in [5.74, 6) is -2.11. The third kappa shape index (κ3) is 4.24. The van der Waals surface area contributed by atoms with Gasteiger partial charge in [-0.2, -0.15) is 13.2 Å². The lowest BCUT2D eigenvalue weighted by atomic mass is 10.1. The van der Waals surface area contributed by atoms with Crippen LogP contribution < -0.4 is 5.32 Å². The van der Waals surface area contributed by atoms with E-state index in [1.165, 1.54) is 21.0 Å². The van der Waals surface area contributed by atoms with Gasteiger partial charge in [0.05, 0.1) is 5.56 Å². The van der Waals surface area contributed by atoms with Crippen LogP contribution in [0.3, 0.4) is 0 Å². The standard InChI is InChI=1S/C14H15F3N2O3/c1-8(20)11(13(22)19(2)3)12(21)18-10-6-4-9(5-7-10)14(15,16)17/h4-7,20H,1-3H3,(H,18,21)/b11-8-. The number of halogens is 3. The number of carbonyl (C=O) groups excluding carboxylic acids is 2. The molecule has 0 aliphatic rings. The number of allylic oxidation sites excluding steroid dienone is 1. The van der Waals surface area contributed by atoms with Crippen molar-refractivity contribution >= 4 is 17.5 Å². The Morgan fingerprint density at radius 3 is 2.00 bits per heavy atom. The average molecular weight is 316 g/mol. The van der Waals surface area contributed by atoms with Gasteiger partial charge < -0.3 is 15.3 Å². The molecule has 2 amide bonds. The Bertz CT molecular complexity index is 601. The highest BCUT2D eigenvalue weighted by molar-refractivity contribution is 6.22. The molecule has 5 nitrogen and oxygen atoms in total. The molecule has 0 aromatic heterocycles. The minimum Gasteiger partial charge on any atom is -0.512 e. The monoisotopic (exact) mass is 316 g/mol. The molecular formula is C14H15F3N2O3. The van der Waals surface area contributed by atoms with Crippen molar-refractivity contribution in [3.05, 3.63) is 41.2 Å². The number of anilines is 1. The molecule has 0 aliphatic carbocycles. The van der Waals surface area contributed by atoms with E-state index in [0.717, 1.165) is 29.2 Å². The molecule has 120 valence electrons. The second-order valence-electron chi connectivity index (χ2n) is 4.69. The number of aliphatic hydroxyl groups excluding tert-OH is 1. The number of likely N-dealkylation sites (N-methyl/N-ethyl adjacent to an activating group) is 1. The minimum atomic E-state index is -4.48. The van der Waals surface area contributed by atoms with Crippen molar-refractivity contribution in [2.24, 2.45) is 0 Å². The Kier molecular flexibility index (Phi) is 5.19. The largest absolute Gasteiger partial charge is 0.512 e. The summed E-state index contributed by atoms with van der Waals surface area (Å²) in [5.41, 5.74) is -1.27. The van der Waals surface area contributed by atoms with Gasteiger partial charge >= 0.3 is 6.18 Å². The zero-order chi connectivity index (χ0) is 17.1. The van der Waals surface area contributed by atoms with Gasteiger partial charge in [0.25, 0.3) is 11.8 Å². The first-order chi connectivity index (χ1) is 10.0. The molecule has 0 aliphatic heterocycles. The van der Waals surface area contributed by atoms with Gasteiger partial charge in [0.15, 0.2) is 0 Å². The zero-order valence-corrected chi connectivity index (χ0v) is 12.2. The Morgan fingerprint density at radius 1 is 1.14 bits per heavy atom. The third-order valence-electron chi connectivity index (χ3n) is 2.68. The lowest BCUT2D eigenvalue weighted by Gasteiger charge is -2.14. The summed E-state index contributed by atoms with van der Waals surface area (Å²) in [6.45, 7) is 1.17. The lowest BCUT2D eigenvalue weighted by molar-refractivity contribution is -0.137. The van der Waals surface area contributed by atoms with Gasteiger partial charge in [-0.3, -0.25) is 9.59 Å². The molecule has 1 aromatic rings. The molecule has 22 heavy (non-hydrogen) atoms. The number of rotatable bonds is 3. The average Bonchev–Trinajstić information content (AvgIpc) is 2.37. The van der Waals surface area contributed by atoms with E-state index in [1.807, 2.05) is 0 Å². The number of carbonyl (C=O) groups is 2. The molecule has 1 aromatic carbocycles. The van der Waals surface area contributed by atoms with E-state index in [1.54, 1.807) is 0 Å². The first-order valence-corrected chi connectivity index (χ1v) is 6.14. The fraction of sp³-hybridized carbons (Fsp3) is 0.286. The van der Waals surface area contributed by atoms with Gasteiger partial charge in [0.1, 0.15) is 11.3 Å². The van der Waals surface area contributed by atoms with Crippen LogP contribution in [0.5, 0.6) is 0 Å². The van der Waals surface area contributed by atoms with Crippen molar-refractivity contribution < 1.29 is 27.9 Å². The van der Waals surface area contributed by atoms with Crippen LogP contribution in [-0.2, 0) is 15.8 Å². The van der Waals surface area contributed by atoms with Crippen molar-refractivity contribution in [2.45, 2.75) is 13.1 Å². The molecule has 0 saturated carbocycles. The van der Waals surface area contributed by atoms with Crippen LogP contribution in [0, 0.1) is 0 Å². The summed E-state index contributed by atoms with van der Waals surface area (Å²) in [7, 11) is 2.80. The van der Waals surface area contributed by atoms with Gasteiger partial charge in [-0.1, -0.05) is 0 Å². The molecular weight excluding hydrogens is 301 g/mol. The molecule has 0 atom stereocenters. The number of amides is 2. The molecule has 0 heterocycles. The molecule has 0 bridgehead atoms. The quantitative estimate of drug-likeness (QED) is 0.390. The zero-order valence-electron chi connectivity index (χ0n) is 12.2. The van der Waals surface area contributed by atoms with Gasteiger partial charge in [-0.25, -0.2) is 0 Å². The van der Waals surface area contributed by atoms with Crippen molar-refractivity contribution in [3.8, 4) is 0 Å². The summed E-state index contributed by atoms with van der Waals surface area (Å²) in [6.07, 6.45) is -4.48. The predicted octanol–water partition coefficient (Wildman–Crippen LogP) is 2.56. The number of alkyl halides is 3. The fourth-order valence-electron chi connectivity index (χ4n) is 1.58. The first kappa shape index (κ1) is 17.5. The highest BCUT2D eigenvalue weighted by Gasteiger charge is 2.30. The topological polar surface area (TPSA) is 69.6 Å². The molecule has 2 N–H and O–H groups in total. The minimum absolute atomic E-state index is 0.0725. The van der Waals surface area contributed by atoms with E-state index in [4.69, 9.17) is 0 Å². The Hall–Kier alpha value is -2.51. The van der Waals surface area contributed by atoms with Gasteiger partial charge in [-0.15, -0.1) is 0 Å². The SMILES string of the molecule is C/C(O)=C(\C(=O)Nc1ccc(C(F)(F)F)cc1)C(=O)N(C)C. The number of nitrogens with one attached hydrogen (secondary N) is 1. The molecule has 0 radical (unpaired) electrons. The van der Waals surface area contributed by atoms with Crippen LogP contribution in [0.25, 0.3) is 0 Å². The number of hydrogen-bond acceptors (Lipinski definition) is 3. The number of nitrogens with zero attached hydrogens (tertiary/aromatic N) is 1. The highest BCUT2D eigenvalue weighted by Crippen LogP contribution is 2.29. The van der Waals surface area contributed by atoms with Crippen molar-refractivity contribution in [3.63, 3.8) is 0 Å². The van der Waals surface area contributed by atoms with Crippen LogP contribution in [0.1, 0.15) is 12.5 Å². The van der Waals surface area contributed by atoms with Crippen LogP contribution in [-0.4, -0.2) is 35.9 Å². The maximum atomic E-state index is 12.4. The van der Waals surface area contributed by atoms with E-state index >= 15 is 0 Å². The maximum absolute atomic E-state index is 12.4. The van der Waals surface area contributed by atoms with E-state index in [-0.39, 0.29) is 5.69 Å². The summed E-state index contributed by atoms with van der Waals surface area (Å²) < 4.78 is 37.3. The first-order valence-electron chi connectivity index (χ1n) is 6.14. The van der Waals surface area contributed by atoms with Gasteiger partial charge in [0.2, 0.25) is 0 Å². The Labute approximate surface area is 125 Å². The maximum Gasteiger partial charge on any atom is 0.416 e. The lowest BCUT2D eigenvalue weighted by Crippen LogP contribution is -2.31. The van der Waals surface area contributed by atoms with Crippen LogP contribution >= 0.6 is 0 Å². The normalized spacial score (nSPS) is 12.5. The Balaban J connectivity index is 2.97. The molecule has 8 heteroatoms. The summed E-state index contributed by atoms with van der Waals surface area (Å²) in [4.78, 5) is 24.9. The fourth-order valence-corrected chi connectivity index (χ4v) is 1.58. The van der Waals surface area contributed by atoms with E-state index < -0.39 is 34.9 Å². The third-order valence-corrected chi connectivity index (χ3v) is 2.68. The van der Waals surface area contributed by atoms with Gasteiger partial charge in [-0.05, 0) is 31.2 Å². The molecule has 0 unspecified atom stereocenters. The molecule has 0 spiro atoms. The predicted molar refractivity (Wildman–Crippen MR) is 74.1 cm³/mol. The summed E-state index contributed by atoms with van der Waals surface area (Å²) >= 11 is 0.